The molecule has 0 unspecified atom stereocenters. The van der Waals surface area contributed by atoms with Gasteiger partial charge in [-0.15, -0.1) is 0 Å². The van der Waals surface area contributed by atoms with Crippen LogP contribution in [0.2, 0.25) is 5.02 Å². The lowest BCUT2D eigenvalue weighted by molar-refractivity contribution is 0.466. The number of hydrogen-bond donors (Lipinski definition) is 1. The number of halogens is 1. The van der Waals surface area contributed by atoms with Crippen LogP contribution in [0.15, 0.2) is 54.6 Å². The number of nitrogens with zero attached hydrogens (tertiary/aromatic N) is 3. The first-order chi connectivity index (χ1) is 13.7. The second kappa shape index (κ2) is 7.71. The molecule has 2 aromatic carbocycles. The van der Waals surface area contributed by atoms with E-state index in [4.69, 9.17) is 21.6 Å². The van der Waals surface area contributed by atoms with Crippen molar-refractivity contribution < 1.29 is 4.74 Å². The molecule has 138 valence electrons. The maximum Gasteiger partial charge on any atom is 0.233 e. The third-order valence-electron chi connectivity index (χ3n) is 4.41. The SMILES string of the molecule is CCc1[nH]c2nc(Cc3ccccc3)nc(Oc3cccc(C#N)c3)c2c1Cl. The highest BCUT2D eigenvalue weighted by Gasteiger charge is 2.18. The lowest BCUT2D eigenvalue weighted by Crippen LogP contribution is -2.00. The van der Waals surface area contributed by atoms with Crippen molar-refractivity contribution >= 4 is 22.6 Å². The van der Waals surface area contributed by atoms with Crippen LogP contribution in [-0.4, -0.2) is 15.0 Å². The largest absolute Gasteiger partial charge is 0.438 e. The molecule has 0 saturated heterocycles. The second-order valence-electron chi connectivity index (χ2n) is 6.34. The molecular formula is C22H17ClN4O. The summed E-state index contributed by atoms with van der Waals surface area (Å²) in [5, 5.41) is 10.3. The number of fused-ring (bicyclic) bond motifs is 1. The molecule has 2 heterocycles. The predicted octanol–water partition coefficient (Wildman–Crippen LogP) is 5.43. The Hall–Kier alpha value is -3.36. The molecule has 6 heteroatoms. The van der Waals surface area contributed by atoms with Crippen LogP contribution in [0, 0.1) is 11.3 Å². The standard InChI is InChI=1S/C22H17ClN4O/c1-2-17-20(23)19-21(25-17)26-18(12-14-7-4-3-5-8-14)27-22(19)28-16-10-6-9-15(11-16)13-24/h3-11H,2,12H2,1H3,(H,25,26,27). The highest BCUT2D eigenvalue weighted by molar-refractivity contribution is 6.36. The highest BCUT2D eigenvalue weighted by Crippen LogP contribution is 2.35. The molecule has 1 N–H and O–H groups in total. The van der Waals surface area contributed by atoms with E-state index in [0.717, 1.165) is 17.7 Å². The molecule has 4 rings (SSSR count). The molecule has 0 saturated carbocycles. The van der Waals surface area contributed by atoms with Crippen LogP contribution in [0.4, 0.5) is 0 Å². The summed E-state index contributed by atoms with van der Waals surface area (Å²) in [6.07, 6.45) is 1.32. The third kappa shape index (κ3) is 3.55. The fourth-order valence-corrected chi connectivity index (χ4v) is 3.39. The van der Waals surface area contributed by atoms with Gasteiger partial charge in [0.05, 0.1) is 16.7 Å². The summed E-state index contributed by atoms with van der Waals surface area (Å²) >= 11 is 6.56. The number of aromatic nitrogens is 3. The Balaban J connectivity index is 1.81. The molecule has 0 aliphatic carbocycles. The third-order valence-corrected chi connectivity index (χ3v) is 4.83. The number of hydrogen-bond acceptors (Lipinski definition) is 4. The Bertz CT molecular complexity index is 1180. The van der Waals surface area contributed by atoms with Crippen molar-refractivity contribution in [2.24, 2.45) is 0 Å². The summed E-state index contributed by atoms with van der Waals surface area (Å²) in [5.74, 6) is 1.54. The van der Waals surface area contributed by atoms with Crippen LogP contribution in [0.1, 0.15) is 29.6 Å². The monoisotopic (exact) mass is 388 g/mol. The van der Waals surface area contributed by atoms with Crippen LogP contribution >= 0.6 is 11.6 Å². The van der Waals surface area contributed by atoms with Crippen LogP contribution in [-0.2, 0) is 12.8 Å². The predicted molar refractivity (Wildman–Crippen MR) is 109 cm³/mol. The molecule has 5 nitrogen and oxygen atoms in total. The van der Waals surface area contributed by atoms with E-state index < -0.39 is 0 Å². The summed E-state index contributed by atoms with van der Waals surface area (Å²) in [7, 11) is 0. The van der Waals surface area contributed by atoms with Crippen molar-refractivity contribution in [1.82, 2.24) is 15.0 Å². The van der Waals surface area contributed by atoms with Gasteiger partial charge in [-0.2, -0.15) is 10.2 Å². The Morgan fingerprint density at radius 1 is 1.11 bits per heavy atom. The quantitative estimate of drug-likeness (QED) is 0.494. The number of benzene rings is 2. The van der Waals surface area contributed by atoms with Crippen molar-refractivity contribution in [2.45, 2.75) is 19.8 Å². The molecule has 2 aromatic heterocycles. The number of ether oxygens (including phenoxy) is 1. The molecule has 0 bridgehead atoms. The first kappa shape index (κ1) is 18.0. The summed E-state index contributed by atoms with van der Waals surface area (Å²) in [6, 6.07) is 19.1. The zero-order valence-corrected chi connectivity index (χ0v) is 16.0. The summed E-state index contributed by atoms with van der Waals surface area (Å²) in [4.78, 5) is 12.6. The summed E-state index contributed by atoms with van der Waals surface area (Å²) in [5.41, 5.74) is 3.15. The zero-order chi connectivity index (χ0) is 19.5. The first-order valence-corrected chi connectivity index (χ1v) is 9.34. The van der Waals surface area contributed by atoms with Gasteiger partial charge < -0.3 is 9.72 Å². The number of rotatable bonds is 5. The van der Waals surface area contributed by atoms with Gasteiger partial charge in [0.1, 0.15) is 22.6 Å². The van der Waals surface area contributed by atoms with Gasteiger partial charge in [-0.1, -0.05) is 54.9 Å². The van der Waals surface area contributed by atoms with Crippen LogP contribution in [0.3, 0.4) is 0 Å². The topological polar surface area (TPSA) is 74.6 Å². The Kier molecular flexibility index (Phi) is 4.96. The smallest absolute Gasteiger partial charge is 0.233 e. The van der Waals surface area contributed by atoms with Crippen LogP contribution in [0.5, 0.6) is 11.6 Å². The van der Waals surface area contributed by atoms with E-state index in [2.05, 4.69) is 21.0 Å². The number of nitriles is 1. The van der Waals surface area contributed by atoms with Gasteiger partial charge in [0.15, 0.2) is 0 Å². The van der Waals surface area contributed by atoms with Gasteiger partial charge in [0.2, 0.25) is 5.88 Å². The Morgan fingerprint density at radius 3 is 2.68 bits per heavy atom. The van der Waals surface area contributed by atoms with E-state index in [0.29, 0.717) is 45.5 Å². The Morgan fingerprint density at radius 2 is 1.93 bits per heavy atom. The van der Waals surface area contributed by atoms with E-state index >= 15 is 0 Å². The van der Waals surface area contributed by atoms with Crippen molar-refractivity contribution in [3.63, 3.8) is 0 Å². The molecule has 0 radical (unpaired) electrons. The minimum Gasteiger partial charge on any atom is -0.438 e. The minimum absolute atomic E-state index is 0.381. The maximum atomic E-state index is 9.13. The van der Waals surface area contributed by atoms with Crippen molar-refractivity contribution in [3.8, 4) is 17.7 Å². The second-order valence-corrected chi connectivity index (χ2v) is 6.72. The van der Waals surface area contributed by atoms with Gasteiger partial charge in [-0.25, -0.2) is 4.98 Å². The van der Waals surface area contributed by atoms with E-state index in [-0.39, 0.29) is 0 Å². The number of aryl methyl sites for hydroxylation is 1. The van der Waals surface area contributed by atoms with E-state index in [1.807, 2.05) is 37.3 Å². The highest BCUT2D eigenvalue weighted by atomic mass is 35.5. The number of aromatic amines is 1. The van der Waals surface area contributed by atoms with Crippen LogP contribution < -0.4 is 4.74 Å². The van der Waals surface area contributed by atoms with E-state index in [1.54, 1.807) is 24.3 Å². The molecule has 4 aromatic rings. The molecular weight excluding hydrogens is 372 g/mol. The molecule has 0 aliphatic rings. The molecule has 28 heavy (non-hydrogen) atoms. The van der Waals surface area contributed by atoms with E-state index in [1.165, 1.54) is 0 Å². The average Bonchev–Trinajstić information content (AvgIpc) is 3.04. The number of nitrogens with one attached hydrogen (secondary N) is 1. The van der Waals surface area contributed by atoms with Crippen molar-refractivity contribution in [2.75, 3.05) is 0 Å². The fourth-order valence-electron chi connectivity index (χ4n) is 3.04. The van der Waals surface area contributed by atoms with Gasteiger partial charge in [0, 0.05) is 12.1 Å². The minimum atomic E-state index is 0.381. The van der Waals surface area contributed by atoms with Crippen molar-refractivity contribution in [1.29, 1.82) is 5.26 Å². The van der Waals surface area contributed by atoms with Gasteiger partial charge in [0.25, 0.3) is 0 Å². The van der Waals surface area contributed by atoms with E-state index in [9.17, 15) is 0 Å². The molecule has 0 amide bonds. The lowest BCUT2D eigenvalue weighted by Gasteiger charge is -2.09. The number of H-pyrrole nitrogens is 1. The van der Waals surface area contributed by atoms with Gasteiger partial charge in [-0.05, 0) is 30.2 Å². The fraction of sp³-hybridized carbons (Fsp3) is 0.136. The zero-order valence-electron chi connectivity index (χ0n) is 15.2. The average molecular weight is 389 g/mol. The summed E-state index contributed by atoms with van der Waals surface area (Å²) in [6.45, 7) is 2.02. The Labute approximate surface area is 167 Å². The maximum absolute atomic E-state index is 9.13. The molecule has 0 aliphatic heterocycles. The van der Waals surface area contributed by atoms with Crippen molar-refractivity contribution in [3.05, 3.63) is 82.3 Å². The molecule has 0 fully saturated rings. The first-order valence-electron chi connectivity index (χ1n) is 8.97. The van der Waals surface area contributed by atoms with Gasteiger partial charge >= 0.3 is 0 Å². The molecule has 0 atom stereocenters. The summed E-state index contributed by atoms with van der Waals surface area (Å²) < 4.78 is 6.04. The molecule has 0 spiro atoms. The van der Waals surface area contributed by atoms with Gasteiger partial charge in [-0.3, -0.25) is 0 Å². The van der Waals surface area contributed by atoms with Crippen LogP contribution in [0.25, 0.3) is 11.0 Å². The normalized spacial score (nSPS) is 10.8. The lowest BCUT2D eigenvalue weighted by atomic mass is 10.1.